The van der Waals surface area contributed by atoms with E-state index < -0.39 is 10.4 Å². The first-order valence-corrected chi connectivity index (χ1v) is 25.3. The molecule has 0 aliphatic heterocycles. The Labute approximate surface area is 105 Å². The van der Waals surface area contributed by atoms with E-state index in [1.807, 2.05) is 0 Å². The van der Waals surface area contributed by atoms with Gasteiger partial charge in [0.15, 0.2) is 0 Å². The van der Waals surface area contributed by atoms with E-state index in [0.717, 1.165) is 35.3 Å². The first kappa shape index (κ1) is 15.2. The summed E-state index contributed by atoms with van der Waals surface area (Å²) in [5.41, 5.74) is 0. The van der Waals surface area contributed by atoms with Crippen LogP contribution >= 0.6 is 37.3 Å². The fraction of sp³-hybridized carbons (Fsp3) is 1.00. The quantitative estimate of drug-likeness (QED) is 0.279. The van der Waals surface area contributed by atoms with Crippen LogP contribution in [0.25, 0.3) is 0 Å². The average molecular weight is 519 g/mol. The molecule has 0 heterocycles. The summed E-state index contributed by atoms with van der Waals surface area (Å²) < 4.78 is 13.1. The molecule has 0 rings (SSSR count). The summed E-state index contributed by atoms with van der Waals surface area (Å²) in [5, 5.41) is 0. The molecular weight excluding hydrogens is 501 g/mol. The summed E-state index contributed by atoms with van der Waals surface area (Å²) in [7, 11) is -1.99. The molecule has 0 saturated carbocycles. The standard InChI is InChI=1S/2C4H9O.2HI.Sn/c2*1-3-4-5-2;;;/h2*2-4H2,1H3;2*1H;/q;;;;+2/p-2. The van der Waals surface area contributed by atoms with Gasteiger partial charge in [-0.2, -0.15) is 0 Å². The molecule has 0 aromatic rings. The molecular formula is C8H18I2O2Sn. The van der Waals surface area contributed by atoms with Crippen molar-refractivity contribution in [2.45, 2.75) is 26.7 Å². The van der Waals surface area contributed by atoms with Crippen LogP contribution in [0.15, 0.2) is 0 Å². The van der Waals surface area contributed by atoms with Gasteiger partial charge >= 0.3 is 106 Å². The first-order chi connectivity index (χ1) is 6.12. The van der Waals surface area contributed by atoms with Gasteiger partial charge in [0, 0.05) is 0 Å². The maximum absolute atomic E-state index is 5.58. The SMILES string of the molecule is CCCO[CH2][Sn]([I])([I])[CH2]OCCC. The number of rotatable bonds is 8. The Morgan fingerprint density at radius 3 is 1.62 bits per heavy atom. The van der Waals surface area contributed by atoms with E-state index in [0.29, 0.717) is 0 Å². The zero-order valence-corrected chi connectivity index (χ0v) is 15.5. The van der Waals surface area contributed by atoms with Crippen molar-refractivity contribution in [3.63, 3.8) is 0 Å². The number of hydrogen-bond donors (Lipinski definition) is 0. The van der Waals surface area contributed by atoms with E-state index in [1.54, 1.807) is 0 Å². The first-order valence-electron chi connectivity index (χ1n) is 4.65. The number of hydrogen-bond acceptors (Lipinski definition) is 2. The van der Waals surface area contributed by atoms with Gasteiger partial charge in [0.05, 0.1) is 0 Å². The van der Waals surface area contributed by atoms with E-state index in [4.69, 9.17) is 9.47 Å². The predicted octanol–water partition coefficient (Wildman–Crippen LogP) is 3.23. The van der Waals surface area contributed by atoms with Gasteiger partial charge in [0.1, 0.15) is 0 Å². The summed E-state index contributed by atoms with van der Waals surface area (Å²) in [6.45, 7) is 6.09. The van der Waals surface area contributed by atoms with Crippen molar-refractivity contribution in [1.82, 2.24) is 0 Å². The second-order valence-corrected chi connectivity index (χ2v) is 51.0. The van der Waals surface area contributed by atoms with Crippen LogP contribution in [-0.2, 0) is 9.47 Å². The van der Waals surface area contributed by atoms with Crippen LogP contribution in [0.2, 0.25) is 0 Å². The van der Waals surface area contributed by atoms with Crippen molar-refractivity contribution in [3.05, 3.63) is 0 Å². The van der Waals surface area contributed by atoms with Crippen LogP contribution in [0.1, 0.15) is 26.7 Å². The normalized spacial score (nSPS) is 12.0. The summed E-state index contributed by atoms with van der Waals surface area (Å²) >= 11 is 5.20. The minimum absolute atomic E-state index is 0.901. The molecule has 0 saturated heterocycles. The van der Waals surface area contributed by atoms with Gasteiger partial charge in [-0.1, -0.05) is 0 Å². The van der Waals surface area contributed by atoms with E-state index in [2.05, 4.69) is 51.1 Å². The van der Waals surface area contributed by atoms with E-state index in [-0.39, 0.29) is 0 Å². The van der Waals surface area contributed by atoms with Crippen molar-refractivity contribution in [3.8, 4) is 0 Å². The maximum atomic E-state index is 5.58. The van der Waals surface area contributed by atoms with Crippen molar-refractivity contribution >= 4 is 47.7 Å². The summed E-state index contributed by atoms with van der Waals surface area (Å²) in [4.78, 5) is 0. The Bertz CT molecular complexity index is 111. The monoisotopic (exact) mass is 520 g/mol. The van der Waals surface area contributed by atoms with Crippen LogP contribution in [0.4, 0.5) is 0 Å². The molecule has 2 nitrogen and oxygen atoms in total. The van der Waals surface area contributed by atoms with E-state index in [9.17, 15) is 0 Å². The Kier molecular flexibility index (Phi) is 11.0. The number of halogens is 2. The topological polar surface area (TPSA) is 18.5 Å². The van der Waals surface area contributed by atoms with Gasteiger partial charge in [-0.05, 0) is 0 Å². The average Bonchev–Trinajstić information content (AvgIpc) is 2.05. The third-order valence-electron chi connectivity index (χ3n) is 1.32. The molecule has 13 heavy (non-hydrogen) atoms. The predicted molar refractivity (Wildman–Crippen MR) is 76.0 cm³/mol. The second kappa shape index (κ2) is 9.41. The minimum atomic E-state index is -1.99. The van der Waals surface area contributed by atoms with Gasteiger partial charge in [-0.15, -0.1) is 0 Å². The fourth-order valence-corrected chi connectivity index (χ4v) is 9.45. The van der Waals surface area contributed by atoms with E-state index in [1.165, 1.54) is 0 Å². The summed E-state index contributed by atoms with van der Waals surface area (Å²) in [6.07, 6.45) is 2.23. The van der Waals surface area contributed by atoms with Gasteiger partial charge in [0.25, 0.3) is 0 Å². The molecule has 0 radical (unpaired) electrons. The Balaban J connectivity index is 3.42. The zero-order chi connectivity index (χ0) is 10.2. The van der Waals surface area contributed by atoms with Gasteiger partial charge in [-0.25, -0.2) is 0 Å². The molecule has 0 aromatic carbocycles. The molecule has 0 amide bonds. The summed E-state index contributed by atoms with van der Waals surface area (Å²) in [5.74, 6) is 0. The van der Waals surface area contributed by atoms with Crippen molar-refractivity contribution in [1.29, 1.82) is 0 Å². The Morgan fingerprint density at radius 2 is 1.31 bits per heavy atom. The van der Waals surface area contributed by atoms with Crippen molar-refractivity contribution in [2.24, 2.45) is 0 Å². The van der Waals surface area contributed by atoms with E-state index >= 15 is 0 Å². The fourth-order valence-electron chi connectivity index (χ4n) is 0.773. The van der Waals surface area contributed by atoms with Crippen molar-refractivity contribution in [2.75, 3.05) is 22.5 Å². The molecule has 0 aliphatic carbocycles. The molecule has 0 aromatic heterocycles. The van der Waals surface area contributed by atoms with Gasteiger partial charge in [0.2, 0.25) is 0 Å². The molecule has 5 heteroatoms. The molecule has 0 atom stereocenters. The molecule has 0 aliphatic rings. The molecule has 0 N–H and O–H groups in total. The summed E-state index contributed by atoms with van der Waals surface area (Å²) in [6, 6.07) is 0. The second-order valence-electron chi connectivity index (χ2n) is 2.96. The Hall–Kier alpha value is 2.18. The van der Waals surface area contributed by atoms with Crippen LogP contribution in [0.3, 0.4) is 0 Å². The zero-order valence-electron chi connectivity index (χ0n) is 8.32. The van der Waals surface area contributed by atoms with Crippen LogP contribution in [0.5, 0.6) is 0 Å². The molecule has 80 valence electrons. The van der Waals surface area contributed by atoms with Crippen LogP contribution in [0, 0.1) is 0 Å². The molecule has 0 bridgehead atoms. The van der Waals surface area contributed by atoms with Crippen LogP contribution in [-0.4, -0.2) is 32.9 Å². The Morgan fingerprint density at radius 1 is 0.923 bits per heavy atom. The molecule has 0 fully saturated rings. The van der Waals surface area contributed by atoms with Crippen LogP contribution < -0.4 is 0 Å². The number of ether oxygens (including phenoxy) is 2. The third kappa shape index (κ3) is 10.5. The third-order valence-corrected chi connectivity index (χ3v) is 13.3. The van der Waals surface area contributed by atoms with Crippen molar-refractivity contribution < 1.29 is 9.47 Å². The molecule has 0 spiro atoms. The van der Waals surface area contributed by atoms with Gasteiger partial charge < -0.3 is 0 Å². The molecule has 0 unspecified atom stereocenters. The van der Waals surface area contributed by atoms with Gasteiger partial charge in [-0.3, -0.25) is 0 Å².